The van der Waals surface area contributed by atoms with Crippen LogP contribution in [-0.4, -0.2) is 11.7 Å². The Balaban J connectivity index is 2.20. The highest BCUT2D eigenvalue weighted by Gasteiger charge is 2.22. The third kappa shape index (κ3) is 3.89. The highest BCUT2D eigenvalue weighted by Crippen LogP contribution is 2.33. The van der Waals surface area contributed by atoms with E-state index in [0.29, 0.717) is 15.7 Å². The summed E-state index contributed by atoms with van der Waals surface area (Å²) in [7, 11) is 0. The monoisotopic (exact) mass is 346 g/mol. The molecule has 1 amide bonds. The van der Waals surface area contributed by atoms with E-state index in [1.165, 1.54) is 6.92 Å². The molecular formula is C17H12Cl2N2O2. The minimum absolute atomic E-state index is 0.451. The van der Waals surface area contributed by atoms with Gasteiger partial charge in [0, 0.05) is 11.3 Å². The van der Waals surface area contributed by atoms with E-state index in [1.54, 1.807) is 42.5 Å². The van der Waals surface area contributed by atoms with E-state index in [-0.39, 0.29) is 0 Å². The van der Waals surface area contributed by atoms with Crippen LogP contribution in [0.5, 0.6) is 0 Å². The third-order valence-corrected chi connectivity index (χ3v) is 4.03. The van der Waals surface area contributed by atoms with E-state index in [1.807, 2.05) is 6.07 Å². The summed E-state index contributed by atoms with van der Waals surface area (Å²) in [5.41, 5.74) is 2.09. The van der Waals surface area contributed by atoms with Crippen LogP contribution in [0.4, 0.5) is 5.69 Å². The second-order valence-corrected chi connectivity index (χ2v) is 5.63. The number of anilines is 1. The summed E-state index contributed by atoms with van der Waals surface area (Å²) in [4.78, 5) is 23.1. The van der Waals surface area contributed by atoms with Gasteiger partial charge in [0.05, 0.1) is 16.1 Å². The zero-order valence-corrected chi connectivity index (χ0v) is 13.7. The number of halogens is 2. The van der Waals surface area contributed by atoms with Crippen LogP contribution in [0.2, 0.25) is 10.0 Å². The quantitative estimate of drug-likeness (QED) is 0.837. The number of ketones is 1. The number of nitrogens with zero attached hydrogens (tertiary/aromatic N) is 1. The second kappa shape index (κ2) is 7.28. The SMILES string of the molecule is CC(=O)C(C#N)C(=O)Nc1ccc(-c2cccc(Cl)c2Cl)cc1. The molecule has 1 atom stereocenters. The van der Waals surface area contributed by atoms with Crippen molar-refractivity contribution >= 4 is 40.6 Å². The zero-order chi connectivity index (χ0) is 17.0. The van der Waals surface area contributed by atoms with Crippen molar-refractivity contribution in [2.75, 3.05) is 5.32 Å². The smallest absolute Gasteiger partial charge is 0.249 e. The highest BCUT2D eigenvalue weighted by molar-refractivity contribution is 6.43. The Morgan fingerprint density at radius 2 is 1.78 bits per heavy atom. The normalized spacial score (nSPS) is 11.4. The van der Waals surface area contributed by atoms with Gasteiger partial charge in [-0.2, -0.15) is 5.26 Å². The van der Waals surface area contributed by atoms with Crippen molar-refractivity contribution in [2.24, 2.45) is 5.92 Å². The fourth-order valence-corrected chi connectivity index (χ4v) is 2.42. The number of benzene rings is 2. The molecule has 1 N–H and O–H groups in total. The molecular weight excluding hydrogens is 335 g/mol. The molecule has 0 saturated heterocycles. The summed E-state index contributed by atoms with van der Waals surface area (Å²) in [6.45, 7) is 1.21. The van der Waals surface area contributed by atoms with Gasteiger partial charge in [-0.1, -0.05) is 47.5 Å². The van der Waals surface area contributed by atoms with Crippen molar-refractivity contribution in [1.29, 1.82) is 5.26 Å². The van der Waals surface area contributed by atoms with Gasteiger partial charge in [-0.25, -0.2) is 0 Å². The predicted octanol–water partition coefficient (Wildman–Crippen LogP) is 4.33. The summed E-state index contributed by atoms with van der Waals surface area (Å²) in [6, 6.07) is 13.9. The van der Waals surface area contributed by atoms with Crippen LogP contribution in [0.3, 0.4) is 0 Å². The number of Topliss-reactive ketones (excluding diaryl/α,β-unsaturated/α-hetero) is 1. The van der Waals surface area contributed by atoms with Gasteiger partial charge in [0.25, 0.3) is 0 Å². The van der Waals surface area contributed by atoms with E-state index in [0.717, 1.165) is 11.1 Å². The molecule has 2 aromatic rings. The number of hydrogen-bond acceptors (Lipinski definition) is 3. The minimum atomic E-state index is -1.31. The average Bonchev–Trinajstić information content (AvgIpc) is 2.51. The zero-order valence-electron chi connectivity index (χ0n) is 12.1. The number of nitrogens with one attached hydrogen (secondary N) is 1. The van der Waals surface area contributed by atoms with Crippen molar-refractivity contribution < 1.29 is 9.59 Å². The molecule has 116 valence electrons. The van der Waals surface area contributed by atoms with Crippen LogP contribution in [0, 0.1) is 17.2 Å². The predicted molar refractivity (Wildman–Crippen MR) is 90.3 cm³/mol. The van der Waals surface area contributed by atoms with E-state index in [4.69, 9.17) is 28.5 Å². The lowest BCUT2D eigenvalue weighted by Crippen LogP contribution is -2.26. The van der Waals surface area contributed by atoms with Crippen LogP contribution in [0.25, 0.3) is 11.1 Å². The average molecular weight is 347 g/mol. The first kappa shape index (κ1) is 17.0. The van der Waals surface area contributed by atoms with Crippen molar-refractivity contribution in [2.45, 2.75) is 6.92 Å². The van der Waals surface area contributed by atoms with Gasteiger partial charge < -0.3 is 5.32 Å². The second-order valence-electron chi connectivity index (χ2n) is 4.84. The lowest BCUT2D eigenvalue weighted by molar-refractivity contribution is -0.127. The molecule has 0 aliphatic carbocycles. The standard InChI is InChI=1S/C17H12Cl2N2O2/c1-10(22)14(9-20)17(23)21-12-7-5-11(6-8-12)13-3-2-4-15(18)16(13)19/h2-8,14H,1H3,(H,21,23). The Hall–Kier alpha value is -2.35. The summed E-state index contributed by atoms with van der Waals surface area (Å²) < 4.78 is 0. The van der Waals surface area contributed by atoms with Crippen molar-refractivity contribution in [3.05, 3.63) is 52.5 Å². The molecule has 0 aliphatic heterocycles. The van der Waals surface area contributed by atoms with Gasteiger partial charge in [-0.05, 0) is 30.7 Å². The fraction of sp³-hybridized carbons (Fsp3) is 0.118. The van der Waals surface area contributed by atoms with Crippen LogP contribution in [-0.2, 0) is 9.59 Å². The Morgan fingerprint density at radius 3 is 2.35 bits per heavy atom. The first-order valence-electron chi connectivity index (χ1n) is 6.69. The van der Waals surface area contributed by atoms with Gasteiger partial charge in [-0.3, -0.25) is 9.59 Å². The van der Waals surface area contributed by atoms with Crippen molar-refractivity contribution in [3.8, 4) is 17.2 Å². The fourth-order valence-electron chi connectivity index (χ4n) is 2.01. The Morgan fingerprint density at radius 1 is 1.13 bits per heavy atom. The molecule has 6 heteroatoms. The molecule has 0 saturated carbocycles. The number of carbonyl (C=O) groups excluding carboxylic acids is 2. The Kier molecular flexibility index (Phi) is 5.38. The molecule has 0 heterocycles. The molecule has 0 aromatic heterocycles. The maximum Gasteiger partial charge on any atom is 0.249 e. The molecule has 2 rings (SSSR count). The van der Waals surface area contributed by atoms with Crippen LogP contribution in [0.15, 0.2) is 42.5 Å². The van der Waals surface area contributed by atoms with Gasteiger partial charge in [0.2, 0.25) is 5.91 Å². The van der Waals surface area contributed by atoms with E-state index in [2.05, 4.69) is 5.32 Å². The minimum Gasteiger partial charge on any atom is -0.325 e. The maximum atomic E-state index is 11.8. The summed E-state index contributed by atoms with van der Waals surface area (Å²) in [6.07, 6.45) is 0. The van der Waals surface area contributed by atoms with E-state index < -0.39 is 17.6 Å². The Labute approximate surface area is 143 Å². The van der Waals surface area contributed by atoms with E-state index in [9.17, 15) is 9.59 Å². The number of rotatable bonds is 4. The number of nitriles is 1. The molecule has 0 bridgehead atoms. The molecule has 1 unspecified atom stereocenters. The van der Waals surface area contributed by atoms with E-state index >= 15 is 0 Å². The third-order valence-electron chi connectivity index (χ3n) is 3.21. The molecule has 0 aliphatic rings. The highest BCUT2D eigenvalue weighted by atomic mass is 35.5. The summed E-state index contributed by atoms with van der Waals surface area (Å²) in [5.74, 6) is -2.45. The molecule has 0 spiro atoms. The van der Waals surface area contributed by atoms with Crippen LogP contribution >= 0.6 is 23.2 Å². The lowest BCUT2D eigenvalue weighted by atomic mass is 10.0. The summed E-state index contributed by atoms with van der Waals surface area (Å²) >= 11 is 12.2. The number of amides is 1. The van der Waals surface area contributed by atoms with Crippen LogP contribution < -0.4 is 5.32 Å². The first-order chi connectivity index (χ1) is 10.9. The van der Waals surface area contributed by atoms with Gasteiger partial charge in [-0.15, -0.1) is 0 Å². The van der Waals surface area contributed by atoms with Crippen molar-refractivity contribution in [1.82, 2.24) is 0 Å². The number of carbonyl (C=O) groups is 2. The molecule has 0 fully saturated rings. The Bertz CT molecular complexity index is 795. The lowest BCUT2D eigenvalue weighted by Gasteiger charge is -2.10. The van der Waals surface area contributed by atoms with Gasteiger partial charge in [0.15, 0.2) is 11.7 Å². The molecule has 0 radical (unpaired) electrons. The van der Waals surface area contributed by atoms with Gasteiger partial charge >= 0.3 is 0 Å². The maximum absolute atomic E-state index is 11.8. The molecule has 4 nitrogen and oxygen atoms in total. The summed E-state index contributed by atoms with van der Waals surface area (Å²) in [5, 5.41) is 12.3. The van der Waals surface area contributed by atoms with Gasteiger partial charge in [0.1, 0.15) is 0 Å². The molecule has 2 aromatic carbocycles. The molecule has 23 heavy (non-hydrogen) atoms. The van der Waals surface area contributed by atoms with Crippen molar-refractivity contribution in [3.63, 3.8) is 0 Å². The topological polar surface area (TPSA) is 70.0 Å². The largest absolute Gasteiger partial charge is 0.325 e. The number of hydrogen-bond donors (Lipinski definition) is 1. The first-order valence-corrected chi connectivity index (χ1v) is 7.45. The van der Waals surface area contributed by atoms with Crippen LogP contribution in [0.1, 0.15) is 6.92 Å².